The maximum absolute atomic E-state index is 11.7. The largest absolute Gasteiger partial charge is 0.465 e. The number of anilines is 2. The Kier molecular flexibility index (Phi) is 4.52. The number of benzene rings is 1. The van der Waals surface area contributed by atoms with Gasteiger partial charge in [0.15, 0.2) is 0 Å². The van der Waals surface area contributed by atoms with E-state index < -0.39 is 5.97 Å². The molecule has 0 saturated heterocycles. The molecule has 1 aromatic carbocycles. The molecule has 0 aliphatic rings. The van der Waals surface area contributed by atoms with Gasteiger partial charge in [0.05, 0.1) is 17.0 Å². The lowest BCUT2D eigenvalue weighted by Crippen LogP contribution is -2.08. The lowest BCUT2D eigenvalue weighted by molar-refractivity contribution is 0.0602. The summed E-state index contributed by atoms with van der Waals surface area (Å²) in [6.07, 6.45) is 0. The average Bonchev–Trinajstić information content (AvgIpc) is 2.85. The minimum absolute atomic E-state index is 0.374. The lowest BCUT2D eigenvalue weighted by atomic mass is 10.1. The van der Waals surface area contributed by atoms with E-state index in [-0.39, 0.29) is 0 Å². The fourth-order valence-electron chi connectivity index (χ4n) is 1.82. The van der Waals surface area contributed by atoms with Crippen molar-refractivity contribution in [1.82, 2.24) is 0 Å². The Morgan fingerprint density at radius 1 is 1.45 bits per heavy atom. The third kappa shape index (κ3) is 3.23. The van der Waals surface area contributed by atoms with Crippen molar-refractivity contribution < 1.29 is 9.53 Å². The van der Waals surface area contributed by atoms with Gasteiger partial charge in [-0.1, -0.05) is 11.6 Å². The summed E-state index contributed by atoms with van der Waals surface area (Å²) in [6.45, 7) is 2.50. The number of aryl methyl sites for hydroxylation is 1. The van der Waals surface area contributed by atoms with Crippen molar-refractivity contribution in [2.75, 3.05) is 18.2 Å². The molecular weight excluding hydrogens is 296 g/mol. The molecule has 0 saturated carbocycles. The van der Waals surface area contributed by atoms with Crippen LogP contribution >= 0.6 is 22.9 Å². The number of nitrogens with one attached hydrogen (secondary N) is 1. The van der Waals surface area contributed by atoms with Gasteiger partial charge in [0.1, 0.15) is 0 Å². The van der Waals surface area contributed by atoms with Crippen molar-refractivity contribution in [2.45, 2.75) is 13.5 Å². The number of hydrogen-bond donors (Lipinski definition) is 2. The first-order valence-corrected chi connectivity index (χ1v) is 7.17. The molecule has 0 spiro atoms. The molecule has 0 unspecified atom stereocenters. The molecule has 0 radical (unpaired) electrons. The number of nitrogen functional groups attached to an aromatic ring is 1. The van der Waals surface area contributed by atoms with E-state index in [1.165, 1.54) is 18.4 Å². The Balaban J connectivity index is 2.19. The van der Waals surface area contributed by atoms with Crippen LogP contribution < -0.4 is 11.1 Å². The molecule has 6 heteroatoms. The van der Waals surface area contributed by atoms with Crippen LogP contribution in [0.25, 0.3) is 0 Å². The van der Waals surface area contributed by atoms with E-state index in [4.69, 9.17) is 22.1 Å². The zero-order valence-corrected chi connectivity index (χ0v) is 12.8. The molecule has 3 N–H and O–H groups in total. The van der Waals surface area contributed by atoms with Gasteiger partial charge in [0, 0.05) is 22.8 Å². The summed E-state index contributed by atoms with van der Waals surface area (Å²) in [4.78, 5) is 12.8. The zero-order valence-electron chi connectivity index (χ0n) is 11.2. The van der Waals surface area contributed by atoms with Gasteiger partial charge in [0.2, 0.25) is 0 Å². The van der Waals surface area contributed by atoms with E-state index in [1.54, 1.807) is 6.07 Å². The number of halogens is 1. The van der Waals surface area contributed by atoms with Crippen molar-refractivity contribution in [3.05, 3.63) is 44.6 Å². The molecule has 0 amide bonds. The highest BCUT2D eigenvalue weighted by Gasteiger charge is 2.13. The van der Waals surface area contributed by atoms with E-state index in [0.29, 0.717) is 17.8 Å². The number of carbonyl (C=O) groups is 1. The van der Waals surface area contributed by atoms with Gasteiger partial charge in [-0.2, -0.15) is 0 Å². The smallest absolute Gasteiger partial charge is 0.340 e. The van der Waals surface area contributed by atoms with Gasteiger partial charge < -0.3 is 15.8 Å². The van der Waals surface area contributed by atoms with Crippen molar-refractivity contribution in [3.8, 4) is 0 Å². The first-order valence-electron chi connectivity index (χ1n) is 5.97. The van der Waals surface area contributed by atoms with Gasteiger partial charge in [-0.3, -0.25) is 0 Å². The molecule has 0 aliphatic heterocycles. The van der Waals surface area contributed by atoms with E-state index in [0.717, 1.165) is 20.5 Å². The van der Waals surface area contributed by atoms with Gasteiger partial charge in [-0.05, 0) is 36.8 Å². The number of esters is 1. The Morgan fingerprint density at radius 3 is 2.80 bits per heavy atom. The average molecular weight is 311 g/mol. The van der Waals surface area contributed by atoms with Crippen molar-refractivity contribution in [1.29, 1.82) is 0 Å². The number of rotatable bonds is 4. The summed E-state index contributed by atoms with van der Waals surface area (Å²) >= 11 is 7.40. The van der Waals surface area contributed by atoms with Gasteiger partial charge in [-0.25, -0.2) is 4.79 Å². The molecular formula is C14H15ClN2O2S. The predicted molar refractivity (Wildman–Crippen MR) is 83.6 cm³/mol. The number of carbonyl (C=O) groups excluding carboxylic acids is 1. The molecule has 0 bridgehead atoms. The predicted octanol–water partition coefficient (Wildman–Crippen LogP) is 3.69. The molecule has 0 fully saturated rings. The number of methoxy groups -OCH3 is 1. The Morgan fingerprint density at radius 2 is 2.20 bits per heavy atom. The van der Waals surface area contributed by atoms with Crippen LogP contribution in [0, 0.1) is 6.92 Å². The summed E-state index contributed by atoms with van der Waals surface area (Å²) in [5.74, 6) is -0.437. The number of thiophene rings is 1. The highest BCUT2D eigenvalue weighted by molar-refractivity contribution is 7.16. The second kappa shape index (κ2) is 6.15. The first kappa shape index (κ1) is 14.7. The monoisotopic (exact) mass is 310 g/mol. The van der Waals surface area contributed by atoms with Gasteiger partial charge in [0.25, 0.3) is 0 Å². The molecule has 4 nitrogen and oxygen atoms in total. The summed E-state index contributed by atoms with van der Waals surface area (Å²) < 4.78 is 5.49. The third-order valence-electron chi connectivity index (χ3n) is 2.89. The fraction of sp³-hybridized carbons (Fsp3) is 0.214. The minimum Gasteiger partial charge on any atom is -0.465 e. The van der Waals surface area contributed by atoms with Crippen molar-refractivity contribution in [2.24, 2.45) is 0 Å². The number of ether oxygens (including phenoxy) is 1. The molecule has 1 heterocycles. The van der Waals surface area contributed by atoms with Crippen molar-refractivity contribution in [3.63, 3.8) is 0 Å². The molecule has 106 valence electrons. The Hall–Kier alpha value is -1.72. The fourth-order valence-corrected chi connectivity index (χ4v) is 2.84. The normalized spacial score (nSPS) is 10.3. The summed E-state index contributed by atoms with van der Waals surface area (Å²) in [6, 6.07) is 7.42. The minimum atomic E-state index is -0.437. The SMILES string of the molecule is COC(=O)c1cc(NCc2ccc(Cl)s2)cc(C)c1N. The van der Waals surface area contributed by atoms with Crippen LogP contribution in [-0.2, 0) is 11.3 Å². The third-order valence-corrected chi connectivity index (χ3v) is 4.12. The second-order valence-electron chi connectivity index (χ2n) is 4.31. The van der Waals surface area contributed by atoms with E-state index >= 15 is 0 Å². The van der Waals surface area contributed by atoms with Crippen molar-refractivity contribution >= 4 is 40.3 Å². The molecule has 20 heavy (non-hydrogen) atoms. The lowest BCUT2D eigenvalue weighted by Gasteiger charge is -2.11. The molecule has 0 aliphatic carbocycles. The molecule has 0 atom stereocenters. The van der Waals surface area contributed by atoms with E-state index in [9.17, 15) is 4.79 Å². The van der Waals surface area contributed by atoms with Crippen LogP contribution in [0.5, 0.6) is 0 Å². The molecule has 1 aromatic heterocycles. The maximum atomic E-state index is 11.7. The van der Waals surface area contributed by atoms with E-state index in [2.05, 4.69) is 5.32 Å². The summed E-state index contributed by atoms with van der Waals surface area (Å²) in [7, 11) is 1.34. The quantitative estimate of drug-likeness (QED) is 0.667. The topological polar surface area (TPSA) is 64.3 Å². The van der Waals surface area contributed by atoms with Crippen LogP contribution in [0.1, 0.15) is 20.8 Å². The zero-order chi connectivity index (χ0) is 14.7. The van der Waals surface area contributed by atoms with Crippen LogP contribution in [-0.4, -0.2) is 13.1 Å². The second-order valence-corrected chi connectivity index (χ2v) is 6.10. The highest BCUT2D eigenvalue weighted by Crippen LogP contribution is 2.26. The highest BCUT2D eigenvalue weighted by atomic mass is 35.5. The van der Waals surface area contributed by atoms with E-state index in [1.807, 2.05) is 25.1 Å². The maximum Gasteiger partial charge on any atom is 0.340 e. The van der Waals surface area contributed by atoms with Crippen LogP contribution in [0.15, 0.2) is 24.3 Å². The summed E-state index contributed by atoms with van der Waals surface area (Å²) in [5.41, 5.74) is 8.37. The van der Waals surface area contributed by atoms with Crippen LogP contribution in [0.3, 0.4) is 0 Å². The van der Waals surface area contributed by atoms with Gasteiger partial charge >= 0.3 is 5.97 Å². The standard InChI is InChI=1S/C14H15ClN2O2S/c1-8-5-9(6-11(13(8)16)14(18)19-2)17-7-10-3-4-12(15)20-10/h3-6,17H,7,16H2,1-2H3. The van der Waals surface area contributed by atoms with Gasteiger partial charge in [-0.15, -0.1) is 11.3 Å². The first-order chi connectivity index (χ1) is 9.51. The molecule has 2 aromatic rings. The van der Waals surface area contributed by atoms with Crippen LogP contribution in [0.4, 0.5) is 11.4 Å². The Bertz CT molecular complexity index is 640. The molecule has 2 rings (SSSR count). The number of nitrogens with two attached hydrogens (primary N) is 1. The number of hydrogen-bond acceptors (Lipinski definition) is 5. The van der Waals surface area contributed by atoms with Crippen LogP contribution in [0.2, 0.25) is 4.34 Å². The Labute approximate surface area is 126 Å². The summed E-state index contributed by atoms with van der Waals surface area (Å²) in [5, 5.41) is 3.25.